The molecule has 3 aliphatic rings. The molecular weight excluding hydrogens is 590 g/mol. The fraction of sp³-hybridized carbons (Fsp3) is 0.469. The smallest absolute Gasteiger partial charge is 0.408 e. The number of aliphatic hydroxyl groups excluding tert-OH is 1. The molecule has 3 saturated heterocycles. The number of carbonyl (C=O) groups is 2. The molecule has 44 heavy (non-hydrogen) atoms. The molecule has 234 valence electrons. The molecule has 3 aliphatic heterocycles. The van der Waals surface area contributed by atoms with Crippen molar-refractivity contribution in [3.8, 4) is 17.1 Å². The van der Waals surface area contributed by atoms with Gasteiger partial charge in [-0.25, -0.2) is 9.59 Å². The first-order chi connectivity index (χ1) is 21.1. The Kier molecular flexibility index (Phi) is 8.45. The van der Waals surface area contributed by atoms with Crippen LogP contribution < -0.4 is 10.3 Å². The summed E-state index contributed by atoms with van der Waals surface area (Å²) < 4.78 is 11.6. The number of ether oxygens (including phenoxy) is 1. The maximum atomic E-state index is 13.5. The Labute approximate surface area is 259 Å². The molecule has 2 aromatic carbocycles. The van der Waals surface area contributed by atoms with Crippen LogP contribution >= 0.6 is 11.6 Å². The lowest BCUT2D eigenvalue weighted by Crippen LogP contribution is -2.52. The van der Waals surface area contributed by atoms with Gasteiger partial charge in [0.25, 0.3) is 0 Å². The minimum absolute atomic E-state index is 0.0120. The van der Waals surface area contributed by atoms with E-state index < -0.39 is 41.6 Å². The van der Waals surface area contributed by atoms with Crippen molar-refractivity contribution < 1.29 is 34.1 Å². The molecule has 0 spiro atoms. The van der Waals surface area contributed by atoms with E-state index in [0.717, 1.165) is 12.8 Å². The molecule has 0 aliphatic carbocycles. The quantitative estimate of drug-likeness (QED) is 0.352. The number of halogens is 1. The summed E-state index contributed by atoms with van der Waals surface area (Å²) in [5.41, 5.74) is 1.40. The number of nitrogens with zero attached hydrogens (tertiary/aromatic N) is 3. The number of likely N-dealkylation sites (tertiary alicyclic amines) is 1. The lowest BCUT2D eigenvalue weighted by molar-refractivity contribution is -0.142. The number of β-amino-alcohol motifs (C(OH)–C–C–N with tert-alkyl or cyclic N) is 1. The van der Waals surface area contributed by atoms with Crippen LogP contribution in [-0.4, -0.2) is 95.2 Å². The standard InChI is InChI=1S/C32H36ClN3O8/c1-34-12-9-20(26(39)17-34)28-23(35-11-5-4-6-18(16-35)36(32(41)42)22-10-13-43-31(22)40)14-24(37)29-25(38)15-27(44-30(28)29)19-7-2-3-8-21(19)33/h2-3,7-8,14-15,18,20,22,26,37,39H,4-6,9-13,16-17H2,1H3,(H,41,42)/t18?,20-,22?,26+/m0/s1. The maximum absolute atomic E-state index is 13.5. The highest BCUT2D eigenvalue weighted by molar-refractivity contribution is 6.33. The summed E-state index contributed by atoms with van der Waals surface area (Å²) >= 11 is 6.48. The van der Waals surface area contributed by atoms with Crippen LogP contribution in [0.5, 0.6) is 5.75 Å². The fourth-order valence-electron chi connectivity index (χ4n) is 7.01. The number of carbonyl (C=O) groups excluding carboxylic acids is 1. The Morgan fingerprint density at radius 3 is 2.57 bits per heavy atom. The van der Waals surface area contributed by atoms with Crippen molar-refractivity contribution >= 4 is 40.3 Å². The van der Waals surface area contributed by atoms with Crippen LogP contribution in [0.2, 0.25) is 5.02 Å². The number of phenols is 1. The van der Waals surface area contributed by atoms with E-state index in [1.165, 1.54) is 17.0 Å². The molecule has 2 unspecified atom stereocenters. The van der Waals surface area contributed by atoms with Crippen molar-refractivity contribution in [1.29, 1.82) is 0 Å². The molecular formula is C32H36ClN3O8. The molecule has 3 fully saturated rings. The SMILES string of the molecule is CN1CC[C@H](c2c(N3CCCCC(N(C(=O)O)C4CCOC4=O)C3)cc(O)c3c(=O)cc(-c4ccccc4Cl)oc23)[C@H](O)C1. The second-order valence-electron chi connectivity index (χ2n) is 12.0. The molecule has 1 amide bonds. The van der Waals surface area contributed by atoms with E-state index in [4.69, 9.17) is 20.8 Å². The van der Waals surface area contributed by atoms with E-state index >= 15 is 0 Å². The van der Waals surface area contributed by atoms with Crippen molar-refractivity contribution in [2.24, 2.45) is 0 Å². The van der Waals surface area contributed by atoms with Gasteiger partial charge in [-0.3, -0.25) is 9.69 Å². The van der Waals surface area contributed by atoms with E-state index in [0.29, 0.717) is 60.7 Å². The van der Waals surface area contributed by atoms with Crippen molar-refractivity contribution in [2.45, 2.75) is 56.2 Å². The summed E-state index contributed by atoms with van der Waals surface area (Å²) in [6, 6.07) is 8.44. The number of hydrogen-bond acceptors (Lipinski definition) is 9. The number of fused-ring (bicyclic) bond motifs is 1. The zero-order chi connectivity index (χ0) is 31.1. The third-order valence-electron chi connectivity index (χ3n) is 9.14. The van der Waals surface area contributed by atoms with Gasteiger partial charge in [-0.1, -0.05) is 23.7 Å². The monoisotopic (exact) mass is 625 g/mol. The van der Waals surface area contributed by atoms with Gasteiger partial charge >= 0.3 is 12.1 Å². The zero-order valence-corrected chi connectivity index (χ0v) is 25.2. The molecule has 0 bridgehead atoms. The Bertz CT molecular complexity index is 1640. The van der Waals surface area contributed by atoms with Gasteiger partial charge in [0.15, 0.2) is 5.43 Å². The van der Waals surface area contributed by atoms with Gasteiger partial charge < -0.3 is 34.3 Å². The molecule has 0 saturated carbocycles. The number of likely N-dealkylation sites (N-methyl/N-ethyl adjacent to an activating group) is 1. The largest absolute Gasteiger partial charge is 0.507 e. The average Bonchev–Trinajstić information content (AvgIpc) is 3.24. The first-order valence-corrected chi connectivity index (χ1v) is 15.4. The number of cyclic esters (lactones) is 1. The minimum Gasteiger partial charge on any atom is -0.507 e. The average molecular weight is 626 g/mol. The van der Waals surface area contributed by atoms with Gasteiger partial charge in [0, 0.05) is 60.9 Å². The number of phenolic OH excluding ortho intramolecular Hbond substituents is 1. The number of aliphatic hydroxyl groups is 1. The van der Waals surface area contributed by atoms with Crippen molar-refractivity contribution in [2.75, 3.05) is 44.7 Å². The van der Waals surface area contributed by atoms with Gasteiger partial charge in [-0.05, 0) is 51.4 Å². The Balaban J connectivity index is 1.53. The Hall–Kier alpha value is -3.80. The van der Waals surface area contributed by atoms with Crippen LogP contribution in [0.4, 0.5) is 10.5 Å². The maximum Gasteiger partial charge on any atom is 0.408 e. The fourth-order valence-corrected chi connectivity index (χ4v) is 7.24. The molecule has 12 heteroatoms. The summed E-state index contributed by atoms with van der Waals surface area (Å²) in [6.45, 7) is 2.05. The van der Waals surface area contributed by atoms with Crippen LogP contribution in [0.1, 0.15) is 43.6 Å². The number of rotatable bonds is 5. The number of piperidine rings is 1. The lowest BCUT2D eigenvalue weighted by atomic mass is 9.84. The zero-order valence-electron chi connectivity index (χ0n) is 24.4. The molecule has 0 radical (unpaired) electrons. The van der Waals surface area contributed by atoms with Crippen LogP contribution in [0.3, 0.4) is 0 Å². The topological polar surface area (TPSA) is 144 Å². The number of aromatic hydroxyl groups is 1. The molecule has 4 atom stereocenters. The predicted molar refractivity (Wildman–Crippen MR) is 165 cm³/mol. The first-order valence-electron chi connectivity index (χ1n) is 15.0. The summed E-state index contributed by atoms with van der Waals surface area (Å²) in [7, 11) is 1.93. The van der Waals surface area contributed by atoms with Crippen LogP contribution in [0, 0.1) is 0 Å². The van der Waals surface area contributed by atoms with E-state index in [9.17, 15) is 29.7 Å². The van der Waals surface area contributed by atoms with Crippen LogP contribution in [0.15, 0.2) is 45.6 Å². The van der Waals surface area contributed by atoms with E-state index in [1.54, 1.807) is 24.3 Å². The number of benzene rings is 2. The molecule has 3 N–H and O–H groups in total. The Morgan fingerprint density at radius 2 is 1.86 bits per heavy atom. The van der Waals surface area contributed by atoms with E-state index in [-0.39, 0.29) is 35.6 Å². The summed E-state index contributed by atoms with van der Waals surface area (Å²) in [5.74, 6) is -1.01. The highest BCUT2D eigenvalue weighted by Gasteiger charge is 2.41. The van der Waals surface area contributed by atoms with Crippen molar-refractivity contribution in [3.05, 3.63) is 57.2 Å². The van der Waals surface area contributed by atoms with Crippen LogP contribution in [0.25, 0.3) is 22.3 Å². The van der Waals surface area contributed by atoms with E-state index in [2.05, 4.69) is 0 Å². The number of hydrogen-bond donors (Lipinski definition) is 3. The van der Waals surface area contributed by atoms with Crippen molar-refractivity contribution in [1.82, 2.24) is 9.80 Å². The van der Waals surface area contributed by atoms with Gasteiger partial charge in [0.1, 0.15) is 28.5 Å². The second kappa shape index (κ2) is 12.3. The van der Waals surface area contributed by atoms with Crippen LogP contribution in [-0.2, 0) is 9.53 Å². The first kappa shape index (κ1) is 30.2. The van der Waals surface area contributed by atoms with Crippen molar-refractivity contribution in [3.63, 3.8) is 0 Å². The number of amides is 1. The lowest BCUT2D eigenvalue weighted by Gasteiger charge is -2.38. The third-order valence-corrected chi connectivity index (χ3v) is 9.47. The number of carboxylic acid groups (broad SMARTS) is 1. The molecule has 11 nitrogen and oxygen atoms in total. The normalized spacial score (nSPS) is 24.7. The van der Waals surface area contributed by atoms with Gasteiger partial charge in [-0.2, -0.15) is 0 Å². The van der Waals surface area contributed by atoms with Gasteiger partial charge in [0.2, 0.25) is 0 Å². The second-order valence-corrected chi connectivity index (χ2v) is 12.4. The van der Waals surface area contributed by atoms with E-state index in [1.807, 2.05) is 16.8 Å². The molecule has 3 aromatic rings. The summed E-state index contributed by atoms with van der Waals surface area (Å²) in [4.78, 5) is 43.8. The van der Waals surface area contributed by atoms with Gasteiger partial charge in [-0.15, -0.1) is 0 Å². The molecule has 6 rings (SSSR count). The summed E-state index contributed by atoms with van der Waals surface area (Å²) in [5, 5.41) is 33.3. The van der Waals surface area contributed by atoms with Gasteiger partial charge in [0.05, 0.1) is 23.8 Å². The molecule has 1 aromatic heterocycles. The third kappa shape index (κ3) is 5.60. The molecule has 4 heterocycles. The number of anilines is 1. The summed E-state index contributed by atoms with van der Waals surface area (Å²) in [6.07, 6.45) is 0.883. The highest BCUT2D eigenvalue weighted by atomic mass is 35.5. The number of esters is 1. The highest BCUT2D eigenvalue weighted by Crippen LogP contribution is 2.44. The minimum atomic E-state index is -1.19. The predicted octanol–water partition coefficient (Wildman–Crippen LogP) is 4.25. The Morgan fingerprint density at radius 1 is 1.07 bits per heavy atom.